The Bertz CT molecular complexity index is 204. The molecule has 3 atom stereocenters. The van der Waals surface area contributed by atoms with Crippen molar-refractivity contribution in [2.24, 2.45) is 11.8 Å². The maximum absolute atomic E-state index is 3.56. The summed E-state index contributed by atoms with van der Waals surface area (Å²) >= 11 is 0. The lowest BCUT2D eigenvalue weighted by Crippen LogP contribution is -2.42. The first-order valence-corrected chi connectivity index (χ1v) is 5.32. The summed E-state index contributed by atoms with van der Waals surface area (Å²) in [7, 11) is 0. The summed E-state index contributed by atoms with van der Waals surface area (Å²) in [6, 6.07) is 0. The third-order valence-corrected chi connectivity index (χ3v) is 4.02. The first-order chi connectivity index (χ1) is 5.81. The number of fused-ring (bicyclic) bond motifs is 1. The van der Waals surface area contributed by atoms with Crippen LogP contribution in [-0.4, -0.2) is 23.6 Å². The molecule has 2 heteroatoms. The number of hydrogen-bond donors (Lipinski definition) is 1. The van der Waals surface area contributed by atoms with Gasteiger partial charge in [-0.05, 0) is 31.1 Å². The van der Waals surface area contributed by atoms with Crippen LogP contribution in [0, 0.1) is 11.8 Å². The van der Waals surface area contributed by atoms with Crippen LogP contribution in [0.2, 0.25) is 0 Å². The molecule has 12 heavy (non-hydrogen) atoms. The fourth-order valence-electron chi connectivity index (χ4n) is 3.21. The largest absolute Gasteiger partial charge is 0.254 e. The van der Waals surface area contributed by atoms with Gasteiger partial charge in [-0.1, -0.05) is 13.3 Å². The summed E-state index contributed by atoms with van der Waals surface area (Å²) in [4.78, 5) is 0. The van der Waals surface area contributed by atoms with E-state index in [0.29, 0.717) is 5.54 Å². The summed E-state index contributed by atoms with van der Waals surface area (Å²) in [5.41, 5.74) is 4.21. The van der Waals surface area contributed by atoms with E-state index in [4.69, 9.17) is 0 Å². The monoisotopic (exact) mass is 166 g/mol. The van der Waals surface area contributed by atoms with E-state index in [1.807, 2.05) is 0 Å². The molecule has 0 amide bonds. The smallest absolute Gasteiger partial charge is 0.0386 e. The lowest BCUT2D eigenvalue weighted by Gasteiger charge is -2.25. The Morgan fingerprint density at radius 3 is 2.92 bits per heavy atom. The predicted molar refractivity (Wildman–Crippen MR) is 48.6 cm³/mol. The molecule has 0 aromatic rings. The van der Waals surface area contributed by atoms with Crippen LogP contribution in [0.25, 0.3) is 0 Å². The Balaban J connectivity index is 1.74. The lowest BCUT2D eigenvalue weighted by atomic mass is 10.1. The Kier molecular flexibility index (Phi) is 1.37. The maximum Gasteiger partial charge on any atom is 0.0386 e. The van der Waals surface area contributed by atoms with Crippen molar-refractivity contribution in [3.05, 3.63) is 0 Å². The average Bonchev–Trinajstić information content (AvgIpc) is 2.50. The van der Waals surface area contributed by atoms with Crippen LogP contribution in [0.1, 0.15) is 32.6 Å². The molecule has 0 bridgehead atoms. The van der Waals surface area contributed by atoms with Gasteiger partial charge in [0, 0.05) is 18.6 Å². The van der Waals surface area contributed by atoms with Gasteiger partial charge in [-0.25, -0.2) is 5.01 Å². The van der Waals surface area contributed by atoms with Crippen molar-refractivity contribution >= 4 is 0 Å². The van der Waals surface area contributed by atoms with E-state index in [1.165, 1.54) is 38.8 Å². The fraction of sp³-hybridized carbons (Fsp3) is 1.00. The molecule has 0 aromatic carbocycles. The number of hydrazine groups is 1. The number of hydrogen-bond acceptors (Lipinski definition) is 2. The Hall–Kier alpha value is -0.0800. The Morgan fingerprint density at radius 2 is 2.42 bits per heavy atom. The van der Waals surface area contributed by atoms with E-state index in [-0.39, 0.29) is 0 Å². The zero-order valence-corrected chi connectivity index (χ0v) is 7.84. The highest BCUT2D eigenvalue weighted by molar-refractivity contribution is 5.15. The molecule has 2 aliphatic carbocycles. The zero-order valence-electron chi connectivity index (χ0n) is 7.84. The maximum atomic E-state index is 3.56. The summed E-state index contributed by atoms with van der Waals surface area (Å²) in [5, 5.41) is 2.56. The van der Waals surface area contributed by atoms with E-state index >= 15 is 0 Å². The summed E-state index contributed by atoms with van der Waals surface area (Å²) < 4.78 is 0. The topological polar surface area (TPSA) is 15.3 Å². The van der Waals surface area contributed by atoms with Gasteiger partial charge in [0.1, 0.15) is 0 Å². The molecule has 68 valence electrons. The molecule has 1 aliphatic heterocycles. The summed E-state index contributed by atoms with van der Waals surface area (Å²) in [5.74, 6) is 1.91. The third kappa shape index (κ3) is 0.826. The van der Waals surface area contributed by atoms with Crippen LogP contribution in [0.3, 0.4) is 0 Å². The number of rotatable bonds is 1. The molecule has 3 aliphatic rings. The second-order valence-electron chi connectivity index (χ2n) is 4.97. The molecule has 3 fully saturated rings. The van der Waals surface area contributed by atoms with Crippen molar-refractivity contribution in [3.63, 3.8) is 0 Å². The van der Waals surface area contributed by atoms with Gasteiger partial charge < -0.3 is 0 Å². The fourth-order valence-corrected chi connectivity index (χ4v) is 3.21. The van der Waals surface area contributed by atoms with Gasteiger partial charge in [0.2, 0.25) is 0 Å². The summed E-state index contributed by atoms with van der Waals surface area (Å²) in [6.07, 6.45) is 5.90. The molecule has 2 nitrogen and oxygen atoms in total. The van der Waals surface area contributed by atoms with Gasteiger partial charge in [0.15, 0.2) is 0 Å². The van der Waals surface area contributed by atoms with E-state index in [2.05, 4.69) is 17.4 Å². The van der Waals surface area contributed by atoms with E-state index < -0.39 is 0 Å². The van der Waals surface area contributed by atoms with Crippen LogP contribution >= 0.6 is 0 Å². The van der Waals surface area contributed by atoms with Crippen LogP contribution in [0.5, 0.6) is 0 Å². The first kappa shape index (κ1) is 7.34. The van der Waals surface area contributed by atoms with Crippen molar-refractivity contribution in [1.82, 2.24) is 10.4 Å². The minimum atomic E-state index is 0.644. The molecule has 0 radical (unpaired) electrons. The molecule has 0 aromatic heterocycles. The second-order valence-corrected chi connectivity index (χ2v) is 4.97. The van der Waals surface area contributed by atoms with Crippen molar-refractivity contribution in [3.8, 4) is 0 Å². The van der Waals surface area contributed by atoms with Crippen molar-refractivity contribution in [2.45, 2.75) is 38.1 Å². The molecular formula is C10H18N2. The molecule has 2 saturated carbocycles. The van der Waals surface area contributed by atoms with Crippen LogP contribution in [-0.2, 0) is 0 Å². The quantitative estimate of drug-likeness (QED) is 0.633. The molecular weight excluding hydrogens is 148 g/mol. The molecule has 1 N–H and O–H groups in total. The third-order valence-electron chi connectivity index (χ3n) is 4.02. The average molecular weight is 166 g/mol. The zero-order chi connectivity index (χ0) is 8.18. The van der Waals surface area contributed by atoms with Crippen molar-refractivity contribution in [2.75, 3.05) is 13.1 Å². The van der Waals surface area contributed by atoms with Gasteiger partial charge in [-0.2, -0.15) is 0 Å². The predicted octanol–water partition coefficient (Wildman–Crippen LogP) is 1.39. The van der Waals surface area contributed by atoms with Crippen molar-refractivity contribution < 1.29 is 0 Å². The molecule has 0 spiro atoms. The van der Waals surface area contributed by atoms with E-state index in [9.17, 15) is 0 Å². The Morgan fingerprint density at radius 1 is 1.50 bits per heavy atom. The highest BCUT2D eigenvalue weighted by atomic mass is 15.6. The van der Waals surface area contributed by atoms with E-state index in [1.54, 1.807) is 0 Å². The second kappa shape index (κ2) is 2.24. The highest BCUT2D eigenvalue weighted by Crippen LogP contribution is 2.59. The number of nitrogens with zero attached hydrogens (tertiary/aromatic N) is 1. The van der Waals surface area contributed by atoms with Gasteiger partial charge in [-0.3, -0.25) is 5.43 Å². The molecule has 3 rings (SSSR count). The first-order valence-electron chi connectivity index (χ1n) is 5.32. The lowest BCUT2D eigenvalue weighted by molar-refractivity contribution is 0.144. The SMILES string of the molecule is CC1CNN(C23CCCC2C3)C1. The normalized spacial score (nSPS) is 52.8. The van der Waals surface area contributed by atoms with Gasteiger partial charge >= 0.3 is 0 Å². The summed E-state index contributed by atoms with van der Waals surface area (Å²) in [6.45, 7) is 4.83. The standard InChI is InChI=1S/C10H18N2/c1-8-6-11-12(7-8)10-4-2-3-9(10)5-10/h8-9,11H,2-7H2,1H3. The van der Waals surface area contributed by atoms with Crippen molar-refractivity contribution in [1.29, 1.82) is 0 Å². The highest BCUT2D eigenvalue weighted by Gasteiger charge is 2.61. The van der Waals surface area contributed by atoms with Gasteiger partial charge in [0.25, 0.3) is 0 Å². The Labute approximate surface area is 74.3 Å². The van der Waals surface area contributed by atoms with Crippen LogP contribution in [0.15, 0.2) is 0 Å². The minimum absolute atomic E-state index is 0.644. The minimum Gasteiger partial charge on any atom is -0.254 e. The molecule has 1 saturated heterocycles. The van der Waals surface area contributed by atoms with Gasteiger partial charge in [-0.15, -0.1) is 0 Å². The van der Waals surface area contributed by atoms with E-state index in [0.717, 1.165) is 11.8 Å². The molecule has 3 unspecified atom stereocenters. The van der Waals surface area contributed by atoms with Crippen LogP contribution < -0.4 is 5.43 Å². The molecule has 1 heterocycles. The van der Waals surface area contributed by atoms with Crippen LogP contribution in [0.4, 0.5) is 0 Å². The number of nitrogens with one attached hydrogen (secondary N) is 1. The van der Waals surface area contributed by atoms with Gasteiger partial charge in [0.05, 0.1) is 0 Å².